The number of anilines is 2. The van der Waals surface area contributed by atoms with E-state index in [0.717, 1.165) is 0 Å². The van der Waals surface area contributed by atoms with Crippen LogP contribution in [-0.2, 0) is 20.7 Å². The Kier molecular flexibility index (Phi) is 6.70. The lowest BCUT2D eigenvalue weighted by atomic mass is 9.62. The number of hydrogen-bond acceptors (Lipinski definition) is 9. The van der Waals surface area contributed by atoms with Crippen LogP contribution in [0, 0.1) is 23.7 Å². The highest BCUT2D eigenvalue weighted by molar-refractivity contribution is 6.22. The van der Waals surface area contributed by atoms with Crippen molar-refractivity contribution in [1.29, 1.82) is 0 Å². The maximum absolute atomic E-state index is 13.8. The second-order valence-corrected chi connectivity index (χ2v) is 10.5. The van der Waals surface area contributed by atoms with Crippen molar-refractivity contribution in [3.05, 3.63) is 52.3 Å². The van der Waals surface area contributed by atoms with Crippen molar-refractivity contribution in [3.63, 3.8) is 0 Å². The maximum Gasteiger partial charge on any atom is 0.255 e. The average molecular weight is 512 g/mol. The fourth-order valence-electron chi connectivity index (χ4n) is 5.64. The third-order valence-corrected chi connectivity index (χ3v) is 7.21. The second-order valence-electron chi connectivity index (χ2n) is 10.5. The normalized spacial score (nSPS) is 22.9. The predicted octanol–water partition coefficient (Wildman–Crippen LogP) is 3.09. The van der Waals surface area contributed by atoms with Crippen LogP contribution in [0.4, 0.5) is 11.4 Å². The van der Waals surface area contributed by atoms with E-state index in [1.165, 1.54) is 0 Å². The number of ketones is 2. The molecular weight excluding hydrogens is 478 g/mol. The van der Waals surface area contributed by atoms with Crippen LogP contribution in [0.15, 0.2) is 41.2 Å². The topological polar surface area (TPSA) is 162 Å². The van der Waals surface area contributed by atoms with Crippen LogP contribution in [0.3, 0.4) is 0 Å². The molecule has 6 N–H and O–H groups in total. The molecule has 0 aromatic heterocycles. The number of fused-ring (bicyclic) bond motifs is 3. The van der Waals surface area contributed by atoms with E-state index in [2.05, 4.69) is 11.9 Å². The minimum atomic E-state index is -1.16. The SMILES string of the molecule is C=C(Nc1cc(N(C)C)c2c(c1O)C(=O)C1=C(O)C3C(=O)C(C(N)=O)=C(O)C[C@@H]3C[C@@H]1C2)OCC(C)C. The first kappa shape index (κ1) is 26.1. The zero-order chi connectivity index (χ0) is 27.3. The van der Waals surface area contributed by atoms with Crippen molar-refractivity contribution in [2.24, 2.45) is 29.4 Å². The molecule has 3 aliphatic carbocycles. The lowest BCUT2D eigenvalue weighted by molar-refractivity contribution is -0.126. The first-order valence-electron chi connectivity index (χ1n) is 12.2. The van der Waals surface area contributed by atoms with Crippen molar-refractivity contribution < 1.29 is 34.4 Å². The number of phenols is 1. The highest BCUT2D eigenvalue weighted by atomic mass is 16.5. The molecule has 0 aliphatic heterocycles. The molecule has 0 saturated carbocycles. The largest absolute Gasteiger partial charge is 0.511 e. The molecule has 1 aromatic rings. The molecule has 4 rings (SSSR count). The smallest absolute Gasteiger partial charge is 0.255 e. The van der Waals surface area contributed by atoms with Gasteiger partial charge in [-0.25, -0.2) is 0 Å². The summed E-state index contributed by atoms with van der Waals surface area (Å²) >= 11 is 0. The maximum atomic E-state index is 13.8. The molecule has 198 valence electrons. The molecule has 0 spiro atoms. The molecule has 0 bridgehead atoms. The molecule has 0 radical (unpaired) electrons. The summed E-state index contributed by atoms with van der Waals surface area (Å²) in [6, 6.07) is 1.71. The number of aliphatic hydroxyl groups is 2. The van der Waals surface area contributed by atoms with Crippen molar-refractivity contribution in [3.8, 4) is 5.75 Å². The minimum Gasteiger partial charge on any atom is -0.511 e. The van der Waals surface area contributed by atoms with Gasteiger partial charge in [-0.3, -0.25) is 14.4 Å². The standard InChI is InChI=1S/C27H33N3O7/c1-11(2)10-37-12(3)29-16-9-17(30(4)5)15-7-13-6-14-8-18(31)22(27(28)36)26(35)20(14)24(33)19(13)25(34)21(15)23(16)32/h9,11,13-14,20,29,31-33H,3,6-8,10H2,1-2,4-5H3,(H2,28,36)/t13-,14+,20?/m1/s1. The van der Waals surface area contributed by atoms with E-state index in [1.807, 2.05) is 32.8 Å². The molecule has 0 saturated heterocycles. The lowest BCUT2D eigenvalue weighted by Gasteiger charge is -2.41. The number of aliphatic hydroxyl groups excluding tert-OH is 2. The van der Waals surface area contributed by atoms with Gasteiger partial charge in [-0.1, -0.05) is 13.8 Å². The third-order valence-electron chi connectivity index (χ3n) is 7.21. The number of nitrogens with one attached hydrogen (secondary N) is 1. The summed E-state index contributed by atoms with van der Waals surface area (Å²) in [6.07, 6.45) is 0.665. The molecule has 1 aromatic carbocycles. The number of hydrogen-bond donors (Lipinski definition) is 5. The molecule has 0 fully saturated rings. The first-order valence-corrected chi connectivity index (χ1v) is 12.2. The van der Waals surface area contributed by atoms with Crippen molar-refractivity contribution in [2.45, 2.75) is 33.1 Å². The van der Waals surface area contributed by atoms with Gasteiger partial charge in [0.05, 0.1) is 23.8 Å². The highest BCUT2D eigenvalue weighted by Gasteiger charge is 2.50. The molecular formula is C27H33N3O7. The molecule has 10 nitrogen and oxygen atoms in total. The fraction of sp³-hybridized carbons (Fsp3) is 0.444. The number of Topliss-reactive ketones (excluding diaryl/α,β-unsaturated/α-hetero) is 2. The van der Waals surface area contributed by atoms with Crippen LogP contribution in [-0.4, -0.2) is 53.5 Å². The number of nitrogens with two attached hydrogens (primary N) is 1. The Morgan fingerprint density at radius 3 is 2.51 bits per heavy atom. The van der Waals surface area contributed by atoms with E-state index in [9.17, 15) is 29.7 Å². The molecule has 1 unspecified atom stereocenters. The van der Waals surface area contributed by atoms with E-state index < -0.39 is 46.6 Å². The zero-order valence-corrected chi connectivity index (χ0v) is 21.4. The van der Waals surface area contributed by atoms with Crippen LogP contribution >= 0.6 is 0 Å². The summed E-state index contributed by atoms with van der Waals surface area (Å²) in [7, 11) is 3.64. The van der Waals surface area contributed by atoms with Crippen molar-refractivity contribution in [2.75, 3.05) is 30.9 Å². The van der Waals surface area contributed by atoms with Gasteiger partial charge in [-0.2, -0.15) is 0 Å². The number of phenolic OH excluding ortho intramolecular Hbond substituents is 1. The molecule has 1 amide bonds. The Hall–Kier alpha value is -3.95. The molecule has 0 heterocycles. The number of carbonyl (C=O) groups is 3. The number of rotatable bonds is 7. The van der Waals surface area contributed by atoms with E-state index in [0.29, 0.717) is 30.7 Å². The van der Waals surface area contributed by atoms with Gasteiger partial charge in [0.25, 0.3) is 5.91 Å². The molecule has 10 heteroatoms. The number of carbonyl (C=O) groups excluding carboxylic acids is 3. The fourth-order valence-corrected chi connectivity index (χ4v) is 5.64. The van der Waals surface area contributed by atoms with Gasteiger partial charge in [-0.15, -0.1) is 0 Å². The van der Waals surface area contributed by atoms with Gasteiger partial charge in [0.1, 0.15) is 17.1 Å². The summed E-state index contributed by atoms with van der Waals surface area (Å²) in [4.78, 5) is 40.5. The third kappa shape index (κ3) is 4.41. The van der Waals surface area contributed by atoms with Crippen LogP contribution < -0.4 is 16.0 Å². The van der Waals surface area contributed by atoms with Crippen LogP contribution in [0.25, 0.3) is 0 Å². The van der Waals surface area contributed by atoms with Crippen molar-refractivity contribution in [1.82, 2.24) is 0 Å². The predicted molar refractivity (Wildman–Crippen MR) is 137 cm³/mol. The zero-order valence-electron chi connectivity index (χ0n) is 21.4. The minimum absolute atomic E-state index is 0.00327. The average Bonchev–Trinajstić information content (AvgIpc) is 2.78. The van der Waals surface area contributed by atoms with Gasteiger partial charge in [-0.05, 0) is 48.8 Å². The quantitative estimate of drug-likeness (QED) is 0.210. The van der Waals surface area contributed by atoms with Gasteiger partial charge >= 0.3 is 0 Å². The van der Waals surface area contributed by atoms with E-state index in [4.69, 9.17) is 10.5 Å². The van der Waals surface area contributed by atoms with E-state index in [-0.39, 0.29) is 46.6 Å². The first-order chi connectivity index (χ1) is 17.3. The Bertz CT molecular complexity index is 1280. The van der Waals surface area contributed by atoms with Gasteiger partial charge < -0.3 is 36.0 Å². The summed E-state index contributed by atoms with van der Waals surface area (Å²) in [5.41, 5.74) is 6.35. The summed E-state index contributed by atoms with van der Waals surface area (Å²) < 4.78 is 5.58. The number of amides is 1. The summed E-state index contributed by atoms with van der Waals surface area (Å²) in [5, 5.41) is 35.6. The monoisotopic (exact) mass is 511 g/mol. The summed E-state index contributed by atoms with van der Waals surface area (Å²) in [5.74, 6) is -5.21. The number of nitrogens with zero attached hydrogens (tertiary/aromatic N) is 1. The van der Waals surface area contributed by atoms with Crippen LogP contribution in [0.2, 0.25) is 0 Å². The number of primary amides is 1. The molecule has 37 heavy (non-hydrogen) atoms. The molecule has 3 aliphatic rings. The Morgan fingerprint density at radius 1 is 1.24 bits per heavy atom. The van der Waals surface area contributed by atoms with Crippen LogP contribution in [0.1, 0.15) is 42.6 Å². The Morgan fingerprint density at radius 2 is 1.92 bits per heavy atom. The number of aromatic hydroxyl groups is 1. The van der Waals surface area contributed by atoms with E-state index >= 15 is 0 Å². The molecule has 3 atom stereocenters. The van der Waals surface area contributed by atoms with Crippen LogP contribution in [0.5, 0.6) is 5.75 Å². The van der Waals surface area contributed by atoms with Crippen molar-refractivity contribution >= 4 is 28.8 Å². The highest BCUT2D eigenvalue weighted by Crippen LogP contribution is 2.51. The Balaban J connectivity index is 1.80. The lowest BCUT2D eigenvalue weighted by Crippen LogP contribution is -2.43. The van der Waals surface area contributed by atoms with Gasteiger partial charge in [0.15, 0.2) is 23.2 Å². The summed E-state index contributed by atoms with van der Waals surface area (Å²) in [6.45, 7) is 8.21. The number of benzene rings is 1. The van der Waals surface area contributed by atoms with Gasteiger partial charge in [0, 0.05) is 31.8 Å². The van der Waals surface area contributed by atoms with Gasteiger partial charge in [0.2, 0.25) is 0 Å². The van der Waals surface area contributed by atoms with E-state index in [1.54, 1.807) is 6.07 Å². The Labute approximate surface area is 215 Å². The second kappa shape index (κ2) is 9.49. The number of allylic oxidation sites excluding steroid dienone is 3. The number of ether oxygens (including phenoxy) is 1.